The lowest BCUT2D eigenvalue weighted by Gasteiger charge is -2.25. The average Bonchev–Trinajstić information content (AvgIpc) is 3.07. The van der Waals surface area contributed by atoms with Crippen molar-refractivity contribution >= 4 is 28.5 Å². The topological polar surface area (TPSA) is 128 Å². The van der Waals surface area contributed by atoms with Crippen LogP contribution in [0.15, 0.2) is 48.8 Å². The molecule has 0 amide bonds. The highest BCUT2D eigenvalue weighted by Crippen LogP contribution is 2.32. The van der Waals surface area contributed by atoms with E-state index in [-0.39, 0.29) is 11.2 Å². The second kappa shape index (κ2) is 8.61. The minimum Gasteiger partial charge on any atom is -0.390 e. The van der Waals surface area contributed by atoms with Crippen LogP contribution in [-0.2, 0) is 0 Å². The molecular weight excluding hydrogens is 420 g/mol. The van der Waals surface area contributed by atoms with Crippen molar-refractivity contribution in [1.82, 2.24) is 4.90 Å². The maximum Gasteiger partial charge on any atom is 0.528 e. The van der Waals surface area contributed by atoms with Gasteiger partial charge in [-0.1, -0.05) is 24.3 Å². The van der Waals surface area contributed by atoms with Gasteiger partial charge in [0.1, 0.15) is 0 Å². The maximum atomic E-state index is 9.41. The number of aryl methyl sites for hydroxylation is 2. The van der Waals surface area contributed by atoms with Crippen molar-refractivity contribution in [3.05, 3.63) is 59.9 Å². The predicted molar refractivity (Wildman–Crippen MR) is 118 cm³/mol. The summed E-state index contributed by atoms with van der Waals surface area (Å²) in [6.45, 7) is 5.33. The van der Waals surface area contributed by atoms with Gasteiger partial charge >= 0.3 is 17.6 Å². The highest BCUT2D eigenvalue weighted by atomic mass is 28.4. The summed E-state index contributed by atoms with van der Waals surface area (Å²) in [5, 5.41) is 0.141. The molecule has 0 aliphatic carbocycles. The molecule has 0 aromatic heterocycles. The monoisotopic (exact) mass is 448 g/mol. The van der Waals surface area contributed by atoms with Crippen LogP contribution in [0.25, 0.3) is 11.1 Å². The summed E-state index contributed by atoms with van der Waals surface area (Å²) < 4.78 is 0. The first-order chi connectivity index (χ1) is 13.9. The molecular formula is C20H28N2O6Si2. The molecule has 1 aliphatic heterocycles. The zero-order valence-corrected chi connectivity index (χ0v) is 19.0. The molecule has 0 radical (unpaired) electrons. The molecule has 0 saturated heterocycles. The SMILES string of the molecule is Cc1cc(-c2ccc([Si](O)(O)O)cc2)cc(C)c1N1C=CN(CCC[Si](O)(O)O)C1. The lowest BCUT2D eigenvalue weighted by atomic mass is 9.98. The van der Waals surface area contributed by atoms with Crippen LogP contribution in [-0.4, -0.2) is 64.5 Å². The Hall–Kier alpha value is -2.03. The van der Waals surface area contributed by atoms with E-state index in [1.165, 1.54) is 12.1 Å². The molecule has 0 fully saturated rings. The van der Waals surface area contributed by atoms with Crippen LogP contribution in [0.3, 0.4) is 0 Å². The van der Waals surface area contributed by atoms with E-state index < -0.39 is 17.6 Å². The molecule has 1 aliphatic rings. The van der Waals surface area contributed by atoms with Crippen LogP contribution >= 0.6 is 0 Å². The summed E-state index contributed by atoms with van der Waals surface area (Å²) in [6, 6.07) is 10.7. The highest BCUT2D eigenvalue weighted by molar-refractivity contribution is 6.71. The molecule has 0 bridgehead atoms. The molecule has 0 saturated carbocycles. The van der Waals surface area contributed by atoms with Crippen molar-refractivity contribution in [3.63, 3.8) is 0 Å². The first-order valence-corrected chi connectivity index (χ1v) is 13.6. The second-order valence-electron chi connectivity index (χ2n) is 7.77. The fourth-order valence-electron chi connectivity index (χ4n) is 3.74. The molecule has 0 unspecified atom stereocenters. The van der Waals surface area contributed by atoms with E-state index in [2.05, 4.69) is 21.9 Å². The number of rotatable bonds is 7. The van der Waals surface area contributed by atoms with Crippen molar-refractivity contribution in [2.24, 2.45) is 0 Å². The average molecular weight is 449 g/mol. The van der Waals surface area contributed by atoms with Gasteiger partial charge in [-0.25, -0.2) is 0 Å². The van der Waals surface area contributed by atoms with Crippen LogP contribution < -0.4 is 10.1 Å². The molecule has 30 heavy (non-hydrogen) atoms. The minimum atomic E-state index is -4.29. The summed E-state index contributed by atoms with van der Waals surface area (Å²) >= 11 is 0. The number of anilines is 1. The molecule has 2 aromatic rings. The van der Waals surface area contributed by atoms with Crippen molar-refractivity contribution in [1.29, 1.82) is 0 Å². The Balaban J connectivity index is 1.72. The number of nitrogens with zero attached hydrogens (tertiary/aromatic N) is 2. The quantitative estimate of drug-likeness (QED) is 0.326. The van der Waals surface area contributed by atoms with Gasteiger partial charge in [0.15, 0.2) is 0 Å². The number of benzene rings is 2. The van der Waals surface area contributed by atoms with E-state index in [4.69, 9.17) is 14.4 Å². The first-order valence-electron chi connectivity index (χ1n) is 9.69. The van der Waals surface area contributed by atoms with Gasteiger partial charge in [-0.05, 0) is 54.7 Å². The van der Waals surface area contributed by atoms with Crippen LogP contribution in [0, 0.1) is 13.8 Å². The zero-order chi connectivity index (χ0) is 22.1. The van der Waals surface area contributed by atoms with Crippen LogP contribution in [0.5, 0.6) is 0 Å². The third-order valence-electron chi connectivity index (χ3n) is 5.13. The Labute approximate surface area is 177 Å². The van der Waals surface area contributed by atoms with Gasteiger partial charge in [0.2, 0.25) is 0 Å². The Bertz CT molecular complexity index is 899. The Morgan fingerprint density at radius 2 is 1.43 bits per heavy atom. The summed E-state index contributed by atoms with van der Waals surface area (Å²) in [6.07, 6.45) is 4.44. The molecule has 10 heteroatoms. The van der Waals surface area contributed by atoms with Crippen molar-refractivity contribution in [2.75, 3.05) is 18.1 Å². The van der Waals surface area contributed by atoms with Gasteiger partial charge in [-0.15, -0.1) is 0 Å². The Morgan fingerprint density at radius 3 is 1.97 bits per heavy atom. The van der Waals surface area contributed by atoms with Gasteiger partial charge in [0.05, 0.1) is 6.67 Å². The first kappa shape index (κ1) is 22.7. The van der Waals surface area contributed by atoms with Gasteiger partial charge in [0, 0.05) is 35.9 Å². The van der Waals surface area contributed by atoms with Crippen LogP contribution in [0.4, 0.5) is 5.69 Å². The van der Waals surface area contributed by atoms with E-state index >= 15 is 0 Å². The van der Waals surface area contributed by atoms with E-state index in [0.29, 0.717) is 19.6 Å². The molecule has 6 N–H and O–H groups in total. The predicted octanol–water partition coefficient (Wildman–Crippen LogP) is -0.0502. The third-order valence-corrected chi connectivity index (χ3v) is 7.27. The maximum absolute atomic E-state index is 9.41. The molecule has 3 rings (SSSR count). The van der Waals surface area contributed by atoms with E-state index in [1.807, 2.05) is 26.2 Å². The van der Waals surface area contributed by atoms with Crippen molar-refractivity contribution < 1.29 is 28.8 Å². The fourth-order valence-corrected chi connectivity index (χ4v) is 4.98. The van der Waals surface area contributed by atoms with Crippen LogP contribution in [0.1, 0.15) is 17.5 Å². The molecule has 8 nitrogen and oxygen atoms in total. The second-order valence-corrected chi connectivity index (χ2v) is 11.7. The van der Waals surface area contributed by atoms with Gasteiger partial charge in [-0.2, -0.15) is 0 Å². The summed E-state index contributed by atoms with van der Waals surface area (Å²) in [5.74, 6) is 0. The molecule has 0 atom stereocenters. The minimum absolute atomic E-state index is 0.0231. The largest absolute Gasteiger partial charge is 0.528 e. The molecule has 2 aromatic carbocycles. The number of hydrogen-bond donors (Lipinski definition) is 6. The van der Waals surface area contributed by atoms with Gasteiger partial charge in [-0.3, -0.25) is 0 Å². The summed E-state index contributed by atoms with van der Waals surface area (Å²) in [7, 11) is -8.28. The lowest BCUT2D eigenvalue weighted by molar-refractivity contribution is 0.224. The molecule has 1 heterocycles. The smallest absolute Gasteiger partial charge is 0.390 e. The fraction of sp³-hybridized carbons (Fsp3) is 0.300. The van der Waals surface area contributed by atoms with E-state index in [9.17, 15) is 14.4 Å². The normalized spacial score (nSPS) is 14.7. The third kappa shape index (κ3) is 5.56. The van der Waals surface area contributed by atoms with Crippen LogP contribution in [0.2, 0.25) is 6.04 Å². The van der Waals surface area contributed by atoms with Gasteiger partial charge in [0.25, 0.3) is 0 Å². The van der Waals surface area contributed by atoms with E-state index in [0.717, 1.165) is 27.9 Å². The lowest BCUT2D eigenvalue weighted by Crippen LogP contribution is -2.48. The summed E-state index contributed by atoms with van der Waals surface area (Å²) in [5.41, 5.74) is 5.18. The standard InChI is InChI=1S/C20H28N2O6Si2/c1-15-12-18(17-4-6-19(7-5-17)30(26,27)28)13-16(2)20(15)22-10-9-21(14-22)8-3-11-29(23,24)25/h4-7,9-10,12-13,23-28H,3,8,11,14H2,1-2H3. The van der Waals surface area contributed by atoms with Gasteiger partial charge < -0.3 is 38.6 Å². The highest BCUT2D eigenvalue weighted by Gasteiger charge is 2.30. The van der Waals surface area contributed by atoms with Crippen molar-refractivity contribution in [3.8, 4) is 11.1 Å². The zero-order valence-electron chi connectivity index (χ0n) is 17.0. The Morgan fingerprint density at radius 1 is 0.833 bits per heavy atom. The van der Waals surface area contributed by atoms with E-state index in [1.54, 1.807) is 12.1 Å². The number of hydrogen-bond acceptors (Lipinski definition) is 8. The summed E-state index contributed by atoms with van der Waals surface area (Å²) in [4.78, 5) is 59.8. The molecule has 162 valence electrons. The molecule has 0 spiro atoms. The Kier molecular flexibility index (Phi) is 6.50. The van der Waals surface area contributed by atoms with Crippen molar-refractivity contribution in [2.45, 2.75) is 26.3 Å².